The van der Waals surface area contributed by atoms with E-state index in [-0.39, 0.29) is 11.7 Å². The van der Waals surface area contributed by atoms with Gasteiger partial charge in [0.15, 0.2) is 0 Å². The molecule has 0 aromatic heterocycles. The highest BCUT2D eigenvalue weighted by molar-refractivity contribution is 5.75. The Kier molecular flexibility index (Phi) is 5.92. The number of hydrogen-bond acceptors (Lipinski definition) is 2. The van der Waals surface area contributed by atoms with Gasteiger partial charge in [0.1, 0.15) is 17.4 Å². The molecule has 1 fully saturated rings. The third-order valence-corrected chi connectivity index (χ3v) is 4.34. The van der Waals surface area contributed by atoms with Gasteiger partial charge in [0, 0.05) is 12.1 Å². The molecular formula is C19H20F2O2. The van der Waals surface area contributed by atoms with Crippen molar-refractivity contribution in [1.82, 2.24) is 0 Å². The predicted molar refractivity (Wildman–Crippen MR) is 84.8 cm³/mol. The van der Waals surface area contributed by atoms with Gasteiger partial charge in [-0.15, -0.1) is 13.0 Å². The second-order valence-electron chi connectivity index (χ2n) is 5.91. The molecule has 122 valence electrons. The van der Waals surface area contributed by atoms with Crippen molar-refractivity contribution in [2.45, 2.75) is 38.5 Å². The summed E-state index contributed by atoms with van der Waals surface area (Å²) >= 11 is 0. The fourth-order valence-corrected chi connectivity index (χ4v) is 2.99. The standard InChI is InChI=1S/C19H20F2O2/c1-3-5-6-13-7-9-14(10-8-13)19(22)23-15-11-17(20)16(4-2)18(21)12-15/h2-3,11-14H,1,5-10H2. The Labute approximate surface area is 135 Å². The van der Waals surface area contributed by atoms with Gasteiger partial charge >= 0.3 is 5.97 Å². The van der Waals surface area contributed by atoms with Crippen LogP contribution in [0, 0.1) is 35.8 Å². The molecule has 1 saturated carbocycles. The molecule has 0 atom stereocenters. The zero-order valence-electron chi connectivity index (χ0n) is 13.0. The van der Waals surface area contributed by atoms with E-state index >= 15 is 0 Å². The first-order chi connectivity index (χ1) is 11.0. The number of esters is 1. The average molecular weight is 318 g/mol. The fraction of sp³-hybridized carbons (Fsp3) is 0.421. The van der Waals surface area contributed by atoms with Crippen molar-refractivity contribution in [3.8, 4) is 18.1 Å². The van der Waals surface area contributed by atoms with Gasteiger partial charge in [-0.3, -0.25) is 4.79 Å². The van der Waals surface area contributed by atoms with Gasteiger partial charge in [-0.05, 0) is 44.4 Å². The maximum Gasteiger partial charge on any atom is 0.314 e. The van der Waals surface area contributed by atoms with E-state index in [1.54, 1.807) is 0 Å². The van der Waals surface area contributed by atoms with Gasteiger partial charge in [0.2, 0.25) is 0 Å². The van der Waals surface area contributed by atoms with Crippen molar-refractivity contribution in [3.63, 3.8) is 0 Å². The molecule has 0 radical (unpaired) electrons. The fourth-order valence-electron chi connectivity index (χ4n) is 2.99. The molecule has 2 rings (SSSR count). The quantitative estimate of drug-likeness (QED) is 0.342. The number of rotatable bonds is 5. The molecule has 1 aliphatic carbocycles. The zero-order chi connectivity index (χ0) is 16.8. The van der Waals surface area contributed by atoms with Crippen molar-refractivity contribution in [3.05, 3.63) is 42.0 Å². The van der Waals surface area contributed by atoms with E-state index in [4.69, 9.17) is 11.2 Å². The Morgan fingerprint density at radius 2 is 1.91 bits per heavy atom. The molecule has 1 aromatic carbocycles. The Bertz CT molecular complexity index is 600. The molecule has 1 aliphatic rings. The number of allylic oxidation sites excluding steroid dienone is 1. The molecule has 0 bridgehead atoms. The van der Waals surface area contributed by atoms with Crippen molar-refractivity contribution >= 4 is 5.97 Å². The van der Waals surface area contributed by atoms with Gasteiger partial charge in [0.05, 0.1) is 11.5 Å². The van der Waals surface area contributed by atoms with Crippen LogP contribution in [-0.2, 0) is 4.79 Å². The lowest BCUT2D eigenvalue weighted by Gasteiger charge is -2.26. The number of carbonyl (C=O) groups is 1. The molecule has 0 unspecified atom stereocenters. The first kappa shape index (κ1) is 17.2. The van der Waals surface area contributed by atoms with Crippen LogP contribution in [0.5, 0.6) is 5.75 Å². The minimum absolute atomic E-state index is 0.141. The molecular weight excluding hydrogens is 298 g/mol. The van der Waals surface area contributed by atoms with Crippen LogP contribution in [0.3, 0.4) is 0 Å². The number of carbonyl (C=O) groups excluding carboxylic acids is 1. The van der Waals surface area contributed by atoms with Crippen LogP contribution < -0.4 is 4.74 Å². The molecule has 0 aliphatic heterocycles. The number of terminal acetylenes is 1. The van der Waals surface area contributed by atoms with Gasteiger partial charge in [-0.2, -0.15) is 0 Å². The SMILES string of the molecule is C#Cc1c(F)cc(OC(=O)C2CCC(CCC=C)CC2)cc1F. The average Bonchev–Trinajstić information content (AvgIpc) is 2.53. The topological polar surface area (TPSA) is 26.3 Å². The van der Waals surface area contributed by atoms with E-state index in [1.165, 1.54) is 0 Å². The van der Waals surface area contributed by atoms with Gasteiger partial charge in [-0.25, -0.2) is 8.78 Å². The minimum Gasteiger partial charge on any atom is -0.426 e. The number of ether oxygens (including phenoxy) is 1. The van der Waals surface area contributed by atoms with E-state index in [0.29, 0.717) is 5.92 Å². The lowest BCUT2D eigenvalue weighted by atomic mass is 9.80. The van der Waals surface area contributed by atoms with Crippen LogP contribution in [0.1, 0.15) is 44.1 Å². The Balaban J connectivity index is 1.93. The maximum atomic E-state index is 13.6. The van der Waals surface area contributed by atoms with Crippen LogP contribution in [0.25, 0.3) is 0 Å². The smallest absolute Gasteiger partial charge is 0.314 e. The molecule has 0 heterocycles. The molecule has 2 nitrogen and oxygen atoms in total. The third-order valence-electron chi connectivity index (χ3n) is 4.34. The van der Waals surface area contributed by atoms with E-state index in [1.807, 2.05) is 12.0 Å². The lowest BCUT2D eigenvalue weighted by Crippen LogP contribution is -2.25. The summed E-state index contributed by atoms with van der Waals surface area (Å²) in [5.41, 5.74) is -0.451. The Morgan fingerprint density at radius 3 is 2.43 bits per heavy atom. The summed E-state index contributed by atoms with van der Waals surface area (Å²) < 4.78 is 32.3. The summed E-state index contributed by atoms with van der Waals surface area (Å²) in [6, 6.07) is 1.90. The highest BCUT2D eigenvalue weighted by Gasteiger charge is 2.27. The maximum absolute atomic E-state index is 13.6. The molecule has 1 aromatic rings. The second-order valence-corrected chi connectivity index (χ2v) is 5.91. The molecule has 4 heteroatoms. The van der Waals surface area contributed by atoms with Crippen LogP contribution in [0.4, 0.5) is 8.78 Å². The summed E-state index contributed by atoms with van der Waals surface area (Å²) in [5, 5.41) is 0. The number of benzene rings is 1. The lowest BCUT2D eigenvalue weighted by molar-refractivity contribution is -0.140. The van der Waals surface area contributed by atoms with Crippen molar-refractivity contribution in [2.24, 2.45) is 11.8 Å². The van der Waals surface area contributed by atoms with Crippen LogP contribution in [0.2, 0.25) is 0 Å². The summed E-state index contributed by atoms with van der Waals surface area (Å²) in [6.07, 6.45) is 12.4. The summed E-state index contributed by atoms with van der Waals surface area (Å²) in [5.74, 6) is -0.0413. The van der Waals surface area contributed by atoms with Gasteiger partial charge in [0.25, 0.3) is 0 Å². The van der Waals surface area contributed by atoms with Gasteiger partial charge < -0.3 is 4.74 Å². The molecule has 0 spiro atoms. The van der Waals surface area contributed by atoms with Crippen LogP contribution >= 0.6 is 0 Å². The highest BCUT2D eigenvalue weighted by Crippen LogP contribution is 2.33. The van der Waals surface area contributed by atoms with Crippen molar-refractivity contribution in [1.29, 1.82) is 0 Å². The van der Waals surface area contributed by atoms with E-state index in [2.05, 4.69) is 6.58 Å². The molecule has 0 amide bonds. The van der Waals surface area contributed by atoms with Crippen molar-refractivity contribution < 1.29 is 18.3 Å². The summed E-state index contributed by atoms with van der Waals surface area (Å²) in [4.78, 5) is 12.1. The minimum atomic E-state index is -0.900. The highest BCUT2D eigenvalue weighted by atomic mass is 19.1. The van der Waals surface area contributed by atoms with Crippen LogP contribution in [0.15, 0.2) is 24.8 Å². The zero-order valence-corrected chi connectivity index (χ0v) is 13.0. The number of halogens is 2. The molecule has 0 saturated heterocycles. The van der Waals surface area contributed by atoms with E-state index in [0.717, 1.165) is 50.7 Å². The van der Waals surface area contributed by atoms with Gasteiger partial charge in [-0.1, -0.05) is 12.0 Å². The van der Waals surface area contributed by atoms with Crippen LogP contribution in [-0.4, -0.2) is 5.97 Å². The normalized spacial score (nSPS) is 20.6. The first-order valence-electron chi connectivity index (χ1n) is 7.83. The van der Waals surface area contributed by atoms with E-state index in [9.17, 15) is 13.6 Å². The second kappa shape index (κ2) is 7.92. The molecule has 23 heavy (non-hydrogen) atoms. The summed E-state index contributed by atoms with van der Waals surface area (Å²) in [7, 11) is 0. The monoisotopic (exact) mass is 318 g/mol. The Morgan fingerprint density at radius 1 is 1.30 bits per heavy atom. The largest absolute Gasteiger partial charge is 0.426 e. The third kappa shape index (κ3) is 4.41. The predicted octanol–water partition coefficient (Wildman–Crippen LogP) is 4.62. The number of hydrogen-bond donors (Lipinski definition) is 0. The van der Waals surface area contributed by atoms with Crippen molar-refractivity contribution in [2.75, 3.05) is 0 Å². The first-order valence-corrected chi connectivity index (χ1v) is 7.83. The Hall–Kier alpha value is -2.15. The summed E-state index contributed by atoms with van der Waals surface area (Å²) in [6.45, 7) is 3.71. The molecule has 0 N–H and O–H groups in total. The van der Waals surface area contributed by atoms with E-state index < -0.39 is 23.2 Å².